The molecule has 1 aromatic heterocycles. The molecular formula is C12H20N2O2S2. The average Bonchev–Trinajstić information content (AvgIpc) is 2.81. The molecule has 1 aliphatic rings. The summed E-state index contributed by atoms with van der Waals surface area (Å²) in [5.74, 6) is 0. The minimum absolute atomic E-state index is 0.0693. The fourth-order valence-corrected chi connectivity index (χ4v) is 5.65. The van der Waals surface area contributed by atoms with Crippen molar-refractivity contribution in [1.29, 1.82) is 0 Å². The van der Waals surface area contributed by atoms with Gasteiger partial charge in [0, 0.05) is 24.5 Å². The number of hydrogen-bond acceptors (Lipinski definition) is 4. The zero-order valence-electron chi connectivity index (χ0n) is 11.1. The molecule has 6 heteroatoms. The maximum atomic E-state index is 12.7. The third-order valence-electron chi connectivity index (χ3n) is 3.42. The maximum Gasteiger partial charge on any atom is 0.244 e. The molecule has 0 amide bonds. The molecule has 2 rings (SSSR count). The lowest BCUT2D eigenvalue weighted by Gasteiger charge is -2.20. The number of hydrogen-bond donors (Lipinski definition) is 1. The molecule has 1 saturated heterocycles. The predicted octanol–water partition coefficient (Wildman–Crippen LogP) is 1.94. The largest absolute Gasteiger partial charge is 0.326 e. The second kappa shape index (κ2) is 4.59. The fraction of sp³-hybridized carbons (Fsp3) is 0.667. The molecule has 0 atom stereocenters. The highest BCUT2D eigenvalue weighted by Crippen LogP contribution is 2.36. The summed E-state index contributed by atoms with van der Waals surface area (Å²) in [5.41, 5.74) is 6.52. The Labute approximate surface area is 113 Å². The van der Waals surface area contributed by atoms with Crippen LogP contribution < -0.4 is 5.73 Å². The van der Waals surface area contributed by atoms with Gasteiger partial charge in [-0.1, -0.05) is 13.8 Å². The minimum Gasteiger partial charge on any atom is -0.326 e. The van der Waals surface area contributed by atoms with Crippen LogP contribution in [0.3, 0.4) is 0 Å². The van der Waals surface area contributed by atoms with Crippen molar-refractivity contribution in [3.8, 4) is 0 Å². The van der Waals surface area contributed by atoms with Crippen LogP contribution in [0.5, 0.6) is 0 Å². The van der Waals surface area contributed by atoms with Crippen LogP contribution in [0.4, 0.5) is 0 Å². The third-order valence-corrected chi connectivity index (χ3v) is 6.75. The highest BCUT2D eigenvalue weighted by atomic mass is 32.2. The van der Waals surface area contributed by atoms with Gasteiger partial charge in [-0.2, -0.15) is 4.31 Å². The lowest BCUT2D eigenvalue weighted by atomic mass is 9.93. The summed E-state index contributed by atoms with van der Waals surface area (Å²) in [6.07, 6.45) is 0.910. The second-order valence-corrected chi connectivity index (χ2v) is 8.47. The Kier molecular flexibility index (Phi) is 3.57. The molecule has 2 heterocycles. The van der Waals surface area contributed by atoms with Gasteiger partial charge in [-0.15, -0.1) is 11.3 Å². The van der Waals surface area contributed by atoms with Crippen molar-refractivity contribution in [2.75, 3.05) is 13.1 Å². The molecule has 0 aliphatic carbocycles. The van der Waals surface area contributed by atoms with Crippen LogP contribution in [-0.2, 0) is 16.6 Å². The summed E-state index contributed by atoms with van der Waals surface area (Å²) in [7, 11) is -3.38. The van der Waals surface area contributed by atoms with E-state index >= 15 is 0 Å². The Morgan fingerprint density at radius 3 is 2.67 bits per heavy atom. The molecule has 1 fully saturated rings. The van der Waals surface area contributed by atoms with Crippen LogP contribution in [0.1, 0.15) is 30.7 Å². The number of nitrogens with two attached hydrogens (primary N) is 1. The van der Waals surface area contributed by atoms with Gasteiger partial charge in [0.1, 0.15) is 4.90 Å². The molecule has 0 radical (unpaired) electrons. The summed E-state index contributed by atoms with van der Waals surface area (Å²) >= 11 is 1.43. The van der Waals surface area contributed by atoms with E-state index in [1.807, 2.05) is 12.3 Å². The highest BCUT2D eigenvalue weighted by molar-refractivity contribution is 7.89. The van der Waals surface area contributed by atoms with Crippen LogP contribution >= 0.6 is 11.3 Å². The predicted molar refractivity (Wildman–Crippen MR) is 74.1 cm³/mol. The summed E-state index contributed by atoms with van der Waals surface area (Å²) in [6.45, 7) is 7.52. The van der Waals surface area contributed by atoms with Gasteiger partial charge in [0.2, 0.25) is 10.0 Å². The first-order valence-electron chi connectivity index (χ1n) is 6.05. The van der Waals surface area contributed by atoms with Crippen LogP contribution in [0.15, 0.2) is 10.3 Å². The van der Waals surface area contributed by atoms with Crippen molar-refractivity contribution in [2.24, 2.45) is 11.1 Å². The monoisotopic (exact) mass is 288 g/mol. The van der Waals surface area contributed by atoms with Crippen molar-refractivity contribution in [1.82, 2.24) is 4.31 Å². The molecule has 102 valence electrons. The van der Waals surface area contributed by atoms with E-state index in [0.29, 0.717) is 18.0 Å². The Morgan fingerprint density at radius 2 is 2.17 bits per heavy atom. The van der Waals surface area contributed by atoms with E-state index < -0.39 is 10.0 Å². The Bertz CT molecular complexity index is 546. The van der Waals surface area contributed by atoms with Gasteiger partial charge in [-0.25, -0.2) is 8.42 Å². The van der Waals surface area contributed by atoms with E-state index in [2.05, 4.69) is 13.8 Å². The van der Waals surface area contributed by atoms with Crippen molar-refractivity contribution in [3.63, 3.8) is 0 Å². The zero-order chi connectivity index (χ0) is 13.6. The average molecular weight is 288 g/mol. The molecule has 1 aromatic rings. The first-order valence-corrected chi connectivity index (χ1v) is 8.37. The van der Waals surface area contributed by atoms with Gasteiger partial charge in [-0.05, 0) is 29.7 Å². The standard InChI is InChI=1S/C12H20N2O2S2/c1-9-7-17-10(6-13)11(9)18(15,16)14-5-4-12(2,3)8-14/h7H,4-6,8,13H2,1-3H3. The third kappa shape index (κ3) is 2.34. The summed E-state index contributed by atoms with van der Waals surface area (Å²) < 4.78 is 26.9. The van der Waals surface area contributed by atoms with Crippen LogP contribution in [0.2, 0.25) is 0 Å². The van der Waals surface area contributed by atoms with E-state index in [4.69, 9.17) is 5.73 Å². The molecule has 0 spiro atoms. The normalized spacial score (nSPS) is 20.4. The molecule has 0 aromatic carbocycles. The van der Waals surface area contributed by atoms with E-state index in [-0.39, 0.29) is 12.0 Å². The molecule has 1 aliphatic heterocycles. The van der Waals surface area contributed by atoms with Gasteiger partial charge in [0.15, 0.2) is 0 Å². The SMILES string of the molecule is Cc1csc(CN)c1S(=O)(=O)N1CCC(C)(C)C1. The quantitative estimate of drug-likeness (QED) is 0.924. The minimum atomic E-state index is -3.38. The first-order chi connectivity index (χ1) is 8.28. The van der Waals surface area contributed by atoms with Crippen LogP contribution in [-0.4, -0.2) is 25.8 Å². The fourth-order valence-electron chi connectivity index (χ4n) is 2.37. The molecule has 0 saturated carbocycles. The van der Waals surface area contributed by atoms with Gasteiger partial charge in [0.05, 0.1) is 0 Å². The van der Waals surface area contributed by atoms with E-state index in [1.54, 1.807) is 4.31 Å². The van der Waals surface area contributed by atoms with Crippen molar-refractivity contribution in [3.05, 3.63) is 15.8 Å². The summed E-state index contributed by atoms with van der Waals surface area (Å²) in [5, 5.41) is 1.87. The number of rotatable bonds is 3. The van der Waals surface area contributed by atoms with E-state index in [9.17, 15) is 8.42 Å². The number of nitrogens with zero attached hydrogens (tertiary/aromatic N) is 1. The molecule has 4 nitrogen and oxygen atoms in total. The lowest BCUT2D eigenvalue weighted by Crippen LogP contribution is -2.31. The number of sulfonamides is 1. The molecular weight excluding hydrogens is 268 g/mol. The maximum absolute atomic E-state index is 12.7. The molecule has 18 heavy (non-hydrogen) atoms. The molecule has 0 bridgehead atoms. The first kappa shape index (κ1) is 14.0. The van der Waals surface area contributed by atoms with Gasteiger partial charge >= 0.3 is 0 Å². The van der Waals surface area contributed by atoms with Crippen molar-refractivity contribution >= 4 is 21.4 Å². The summed E-state index contributed by atoms with van der Waals surface area (Å²) in [4.78, 5) is 1.20. The zero-order valence-corrected chi connectivity index (χ0v) is 12.7. The van der Waals surface area contributed by atoms with E-state index in [0.717, 1.165) is 16.9 Å². The van der Waals surface area contributed by atoms with Crippen LogP contribution in [0, 0.1) is 12.3 Å². The highest BCUT2D eigenvalue weighted by Gasteiger charge is 2.38. The number of aryl methyl sites for hydroxylation is 1. The molecule has 0 unspecified atom stereocenters. The van der Waals surface area contributed by atoms with Gasteiger partial charge in [-0.3, -0.25) is 0 Å². The van der Waals surface area contributed by atoms with Gasteiger partial charge in [0.25, 0.3) is 0 Å². The Hall–Kier alpha value is -0.430. The van der Waals surface area contributed by atoms with Crippen molar-refractivity contribution in [2.45, 2.75) is 38.6 Å². The van der Waals surface area contributed by atoms with Crippen molar-refractivity contribution < 1.29 is 8.42 Å². The summed E-state index contributed by atoms with van der Waals surface area (Å²) in [6, 6.07) is 0. The topological polar surface area (TPSA) is 63.4 Å². The lowest BCUT2D eigenvalue weighted by molar-refractivity contribution is 0.375. The smallest absolute Gasteiger partial charge is 0.244 e. The van der Waals surface area contributed by atoms with Gasteiger partial charge < -0.3 is 5.73 Å². The molecule has 2 N–H and O–H groups in total. The van der Waals surface area contributed by atoms with E-state index in [1.165, 1.54) is 11.3 Å². The number of thiophene rings is 1. The Balaban J connectivity index is 2.40. The Morgan fingerprint density at radius 1 is 1.50 bits per heavy atom. The van der Waals surface area contributed by atoms with Crippen LogP contribution in [0.25, 0.3) is 0 Å². The second-order valence-electron chi connectivity index (χ2n) is 5.63.